The van der Waals surface area contributed by atoms with Crippen LogP contribution in [0.3, 0.4) is 0 Å². The minimum absolute atomic E-state index is 0.0753. The molecule has 4 heteroatoms. The third-order valence-electron chi connectivity index (χ3n) is 4.17. The van der Waals surface area contributed by atoms with Crippen molar-refractivity contribution in [1.29, 1.82) is 0 Å². The van der Waals surface area contributed by atoms with Gasteiger partial charge in [0.15, 0.2) is 0 Å². The van der Waals surface area contributed by atoms with Gasteiger partial charge in [-0.3, -0.25) is 4.79 Å². The van der Waals surface area contributed by atoms with E-state index in [0.717, 1.165) is 17.0 Å². The molecule has 3 unspecified atom stereocenters. The Morgan fingerprint density at radius 1 is 1.42 bits per heavy atom. The molecule has 0 heterocycles. The quantitative estimate of drug-likeness (QED) is 0.868. The number of carbonyl (C=O) groups is 1. The summed E-state index contributed by atoms with van der Waals surface area (Å²) >= 11 is 6.15. The lowest BCUT2D eigenvalue weighted by atomic mass is 10.1. The molecule has 2 fully saturated rings. The number of nitrogens with one attached hydrogen (secondary N) is 1. The molecule has 0 radical (unpaired) electrons. The van der Waals surface area contributed by atoms with E-state index in [1.807, 2.05) is 24.3 Å². The van der Waals surface area contributed by atoms with Crippen LogP contribution in [0, 0.1) is 11.8 Å². The molecule has 0 saturated heterocycles. The summed E-state index contributed by atoms with van der Waals surface area (Å²) in [6, 6.07) is 7.90. The lowest BCUT2D eigenvalue weighted by Gasteiger charge is -2.11. The van der Waals surface area contributed by atoms with Gasteiger partial charge in [0.2, 0.25) is 5.91 Å². The van der Waals surface area contributed by atoms with E-state index in [-0.39, 0.29) is 23.8 Å². The van der Waals surface area contributed by atoms with Crippen molar-refractivity contribution in [1.82, 2.24) is 5.32 Å². The van der Waals surface area contributed by atoms with Crippen molar-refractivity contribution in [2.45, 2.75) is 31.2 Å². The monoisotopic (exact) mass is 278 g/mol. The minimum atomic E-state index is 0.0753. The Balaban J connectivity index is 1.51. The second kappa shape index (κ2) is 5.14. The van der Waals surface area contributed by atoms with Gasteiger partial charge in [0, 0.05) is 23.5 Å². The van der Waals surface area contributed by atoms with Crippen LogP contribution < -0.4 is 11.1 Å². The van der Waals surface area contributed by atoms with Crippen LogP contribution in [0.4, 0.5) is 0 Å². The van der Waals surface area contributed by atoms with Gasteiger partial charge in [-0.25, -0.2) is 0 Å². The molecule has 102 valence electrons. The minimum Gasteiger partial charge on any atom is -0.354 e. The average Bonchev–Trinajstić information content (AvgIpc) is 3.28. The maximum absolute atomic E-state index is 12.0. The molecule has 19 heavy (non-hydrogen) atoms. The van der Waals surface area contributed by atoms with Gasteiger partial charge in [0.25, 0.3) is 0 Å². The molecule has 2 aliphatic rings. The van der Waals surface area contributed by atoms with Crippen molar-refractivity contribution < 1.29 is 4.79 Å². The molecule has 0 spiro atoms. The normalized spacial score (nSPS) is 26.8. The van der Waals surface area contributed by atoms with Crippen LogP contribution in [0.15, 0.2) is 24.3 Å². The number of amides is 1. The van der Waals surface area contributed by atoms with Crippen molar-refractivity contribution in [3.05, 3.63) is 34.9 Å². The van der Waals surface area contributed by atoms with E-state index in [2.05, 4.69) is 5.32 Å². The first-order chi connectivity index (χ1) is 9.16. The van der Waals surface area contributed by atoms with E-state index in [4.69, 9.17) is 17.3 Å². The predicted molar refractivity (Wildman–Crippen MR) is 76.0 cm³/mol. The zero-order valence-electron chi connectivity index (χ0n) is 10.8. The van der Waals surface area contributed by atoms with Crippen molar-refractivity contribution in [2.75, 3.05) is 6.54 Å². The Morgan fingerprint density at radius 3 is 2.84 bits per heavy atom. The van der Waals surface area contributed by atoms with Crippen LogP contribution in [0.1, 0.15) is 30.7 Å². The Morgan fingerprint density at radius 2 is 2.16 bits per heavy atom. The smallest absolute Gasteiger partial charge is 0.223 e. The average molecular weight is 279 g/mol. The van der Waals surface area contributed by atoms with Crippen molar-refractivity contribution in [3.63, 3.8) is 0 Å². The summed E-state index contributed by atoms with van der Waals surface area (Å²) in [5.41, 5.74) is 7.08. The first-order valence-electron chi connectivity index (χ1n) is 6.94. The standard InChI is InChI=1S/C15H19ClN2O/c16-13-4-2-1-3-10(13)11-7-12(11)15(19)18-8-14(17)9-5-6-9/h1-4,9,11-12,14H,5-8,17H2,(H,18,19). The first-order valence-corrected chi connectivity index (χ1v) is 7.32. The molecule has 1 aromatic carbocycles. The van der Waals surface area contributed by atoms with Crippen LogP contribution in [-0.2, 0) is 4.79 Å². The Bertz CT molecular complexity index is 487. The molecule has 1 amide bonds. The second-order valence-electron chi connectivity index (χ2n) is 5.72. The molecule has 3 rings (SSSR count). The summed E-state index contributed by atoms with van der Waals surface area (Å²) in [4.78, 5) is 12.0. The van der Waals surface area contributed by atoms with Gasteiger partial charge in [-0.2, -0.15) is 0 Å². The molecule has 0 aromatic heterocycles. The van der Waals surface area contributed by atoms with Gasteiger partial charge in [0.05, 0.1) is 0 Å². The van der Waals surface area contributed by atoms with Gasteiger partial charge in [0.1, 0.15) is 0 Å². The summed E-state index contributed by atoms with van der Waals surface area (Å²) in [5, 5.41) is 3.74. The number of hydrogen-bond donors (Lipinski definition) is 2. The Labute approximate surface area is 118 Å². The van der Waals surface area contributed by atoms with Crippen LogP contribution in [0.5, 0.6) is 0 Å². The van der Waals surface area contributed by atoms with Crippen molar-refractivity contribution >= 4 is 17.5 Å². The van der Waals surface area contributed by atoms with Crippen LogP contribution >= 0.6 is 11.6 Å². The van der Waals surface area contributed by atoms with Crippen LogP contribution in [0.25, 0.3) is 0 Å². The Hall–Kier alpha value is -1.06. The molecule has 0 bridgehead atoms. The number of carbonyl (C=O) groups excluding carboxylic acids is 1. The predicted octanol–water partition coefficient (Wildman–Crippen LogP) is 2.30. The SMILES string of the molecule is NC(CNC(=O)C1CC1c1ccccc1Cl)C1CC1. The molecule has 3 N–H and O–H groups in total. The van der Waals surface area contributed by atoms with E-state index < -0.39 is 0 Å². The third kappa shape index (κ3) is 2.93. The number of nitrogens with two attached hydrogens (primary N) is 1. The fourth-order valence-corrected chi connectivity index (χ4v) is 2.92. The number of benzene rings is 1. The Kier molecular flexibility index (Phi) is 3.50. The molecule has 3 atom stereocenters. The lowest BCUT2D eigenvalue weighted by molar-refractivity contribution is -0.122. The van der Waals surface area contributed by atoms with Gasteiger partial charge in [-0.15, -0.1) is 0 Å². The highest BCUT2D eigenvalue weighted by Gasteiger charge is 2.44. The highest BCUT2D eigenvalue weighted by Crippen LogP contribution is 2.49. The molecular formula is C15H19ClN2O. The zero-order chi connectivity index (χ0) is 13.4. The maximum Gasteiger partial charge on any atom is 0.223 e. The summed E-state index contributed by atoms with van der Waals surface area (Å²) in [6.07, 6.45) is 3.32. The van der Waals surface area contributed by atoms with Gasteiger partial charge in [-0.05, 0) is 42.7 Å². The topological polar surface area (TPSA) is 55.1 Å². The van der Waals surface area contributed by atoms with Crippen LogP contribution in [0.2, 0.25) is 5.02 Å². The van der Waals surface area contributed by atoms with Crippen molar-refractivity contribution in [3.8, 4) is 0 Å². The summed E-state index contributed by atoms with van der Waals surface area (Å²) < 4.78 is 0. The number of rotatable bonds is 5. The molecule has 3 nitrogen and oxygen atoms in total. The highest BCUT2D eigenvalue weighted by atomic mass is 35.5. The van der Waals surface area contributed by atoms with E-state index in [1.165, 1.54) is 12.8 Å². The fourth-order valence-electron chi connectivity index (χ4n) is 2.64. The third-order valence-corrected chi connectivity index (χ3v) is 4.52. The van der Waals surface area contributed by atoms with Crippen molar-refractivity contribution in [2.24, 2.45) is 17.6 Å². The molecule has 2 saturated carbocycles. The van der Waals surface area contributed by atoms with Gasteiger partial charge >= 0.3 is 0 Å². The molecule has 2 aliphatic carbocycles. The van der Waals surface area contributed by atoms with E-state index in [0.29, 0.717) is 12.5 Å². The number of halogens is 1. The maximum atomic E-state index is 12.0. The first kappa shape index (κ1) is 12.9. The number of hydrogen-bond acceptors (Lipinski definition) is 2. The van der Waals surface area contributed by atoms with E-state index in [9.17, 15) is 4.79 Å². The summed E-state index contributed by atoms with van der Waals surface area (Å²) in [6.45, 7) is 0.606. The summed E-state index contributed by atoms with van der Waals surface area (Å²) in [7, 11) is 0. The van der Waals surface area contributed by atoms with Crippen LogP contribution in [-0.4, -0.2) is 18.5 Å². The zero-order valence-corrected chi connectivity index (χ0v) is 11.6. The largest absolute Gasteiger partial charge is 0.354 e. The van der Waals surface area contributed by atoms with Gasteiger partial charge < -0.3 is 11.1 Å². The summed E-state index contributed by atoms with van der Waals surface area (Å²) in [5.74, 6) is 1.11. The van der Waals surface area contributed by atoms with Gasteiger partial charge in [-0.1, -0.05) is 29.8 Å². The molecule has 0 aliphatic heterocycles. The van der Waals surface area contributed by atoms with E-state index in [1.54, 1.807) is 0 Å². The lowest BCUT2D eigenvalue weighted by Crippen LogP contribution is -2.39. The molecule has 1 aromatic rings. The fraction of sp³-hybridized carbons (Fsp3) is 0.533. The van der Waals surface area contributed by atoms with E-state index >= 15 is 0 Å². The second-order valence-corrected chi connectivity index (χ2v) is 6.12. The highest BCUT2D eigenvalue weighted by molar-refractivity contribution is 6.31. The molecular weight excluding hydrogens is 260 g/mol.